The van der Waals surface area contributed by atoms with Gasteiger partial charge < -0.3 is 14.2 Å². The number of amides is 1. The minimum atomic E-state index is -1.02. The average molecular weight is 569 g/mol. The Morgan fingerprint density at radius 1 is 0.730 bits per heavy atom. The molecule has 1 unspecified atom stereocenters. The zero-order valence-electron chi connectivity index (χ0n) is 21.5. The molecule has 0 aliphatic rings. The van der Waals surface area contributed by atoms with Gasteiger partial charge in [0.1, 0.15) is 17.6 Å². The summed E-state index contributed by atoms with van der Waals surface area (Å²) in [6.07, 6.45) is 15.6. The second-order valence-corrected chi connectivity index (χ2v) is 11.5. The predicted octanol–water partition coefficient (Wildman–Crippen LogP) is 8.86. The van der Waals surface area contributed by atoms with Crippen molar-refractivity contribution in [2.45, 2.75) is 94.8 Å². The Labute approximate surface area is 235 Å². The molecule has 0 heterocycles. The second kappa shape index (κ2) is 19.4. The fourth-order valence-electron chi connectivity index (χ4n) is 4.10. The maximum absolute atomic E-state index is 12.6. The highest BCUT2D eigenvalue weighted by Gasteiger charge is 2.11. The van der Waals surface area contributed by atoms with Gasteiger partial charge in [-0.3, -0.25) is 9.59 Å². The summed E-state index contributed by atoms with van der Waals surface area (Å²) in [6, 6.07) is 14.0. The molecule has 1 atom stereocenters. The molecule has 2 rings (SSSR count). The molecule has 2 aromatic carbocycles. The van der Waals surface area contributed by atoms with Crippen LogP contribution in [0.4, 0.5) is 5.69 Å². The average Bonchev–Trinajstić information content (AvgIpc) is 2.91. The maximum Gasteiger partial charge on any atom is 0.324 e. The topological polar surface area (TPSA) is 78.5 Å². The van der Waals surface area contributed by atoms with E-state index in [2.05, 4.69) is 9.61 Å². The minimum Gasteiger partial charge on any atom is -0.611 e. The van der Waals surface area contributed by atoms with Crippen molar-refractivity contribution in [2.24, 2.45) is 0 Å². The molecule has 0 aromatic heterocycles. The predicted molar refractivity (Wildman–Crippen MR) is 154 cm³/mol. The van der Waals surface area contributed by atoms with E-state index in [0.717, 1.165) is 30.6 Å². The lowest BCUT2D eigenvalue weighted by molar-refractivity contribution is -0.134. The van der Waals surface area contributed by atoms with Crippen molar-refractivity contribution in [1.82, 2.24) is 0 Å². The van der Waals surface area contributed by atoms with E-state index in [-0.39, 0.29) is 11.9 Å². The van der Waals surface area contributed by atoms with Crippen LogP contribution in [0.25, 0.3) is 0 Å². The highest BCUT2D eigenvalue weighted by molar-refractivity contribution is 7.91. The molecule has 0 aliphatic heterocycles. The molecule has 1 amide bonds. The molecule has 0 spiro atoms. The van der Waals surface area contributed by atoms with Crippen molar-refractivity contribution in [3.63, 3.8) is 0 Å². The first-order chi connectivity index (χ1) is 18.0. The molecule has 0 aliphatic carbocycles. The van der Waals surface area contributed by atoms with Gasteiger partial charge in [-0.1, -0.05) is 75.8 Å². The Bertz CT molecular complexity index is 909. The number of carbonyl (C=O) groups is 2. The highest BCUT2D eigenvalue weighted by atomic mass is 35.5. The van der Waals surface area contributed by atoms with Gasteiger partial charge in [0.05, 0.1) is 0 Å². The minimum absolute atomic E-state index is 0.203. The van der Waals surface area contributed by atoms with Crippen LogP contribution >= 0.6 is 23.5 Å². The van der Waals surface area contributed by atoms with E-state index in [4.69, 9.17) is 23.5 Å². The Morgan fingerprint density at radius 2 is 1.22 bits per heavy atom. The first kappa shape index (κ1) is 31.5. The summed E-state index contributed by atoms with van der Waals surface area (Å²) in [7, 11) is 0. The SMILES string of the molecule is O=C(CCCCCCCCCCCCCCC[S+]([O-])c1ccc(NC(=O)c2ccc(Cl)cc2)cc1)OCl. The molecule has 0 fully saturated rings. The third-order valence-corrected chi connectivity index (χ3v) is 8.16. The maximum atomic E-state index is 12.6. The monoisotopic (exact) mass is 567 g/mol. The third kappa shape index (κ3) is 14.1. The second-order valence-electron chi connectivity index (χ2n) is 9.33. The number of nitrogens with one attached hydrogen (secondary N) is 1. The van der Waals surface area contributed by atoms with E-state index >= 15 is 0 Å². The zero-order chi connectivity index (χ0) is 26.7. The first-order valence-electron chi connectivity index (χ1n) is 13.4. The molecule has 37 heavy (non-hydrogen) atoms. The molecule has 204 valence electrons. The lowest BCUT2D eigenvalue weighted by atomic mass is 10.0. The van der Waals surface area contributed by atoms with Crippen molar-refractivity contribution in [3.8, 4) is 0 Å². The van der Waals surface area contributed by atoms with E-state index in [0.29, 0.717) is 28.4 Å². The van der Waals surface area contributed by atoms with Gasteiger partial charge in [0, 0.05) is 22.7 Å². The normalized spacial score (nSPS) is 11.8. The molecule has 8 heteroatoms. The lowest BCUT2D eigenvalue weighted by Crippen LogP contribution is -2.12. The van der Waals surface area contributed by atoms with E-state index in [1.165, 1.54) is 57.8 Å². The summed E-state index contributed by atoms with van der Waals surface area (Å²) < 4.78 is 16.7. The third-order valence-electron chi connectivity index (χ3n) is 6.28. The van der Waals surface area contributed by atoms with Crippen molar-refractivity contribution >= 4 is 52.2 Å². The van der Waals surface area contributed by atoms with Gasteiger partial charge in [-0.15, -0.1) is 0 Å². The number of carbonyl (C=O) groups excluding carboxylic acids is 2. The summed E-state index contributed by atoms with van der Waals surface area (Å²) in [6.45, 7) is 0. The molecule has 1 N–H and O–H groups in total. The molecule has 0 radical (unpaired) electrons. The lowest BCUT2D eigenvalue weighted by Gasteiger charge is -2.11. The zero-order valence-corrected chi connectivity index (χ0v) is 23.9. The van der Waals surface area contributed by atoms with Crippen molar-refractivity contribution < 1.29 is 18.4 Å². The van der Waals surface area contributed by atoms with Crippen LogP contribution in [0.2, 0.25) is 5.02 Å². The number of hydrogen-bond donors (Lipinski definition) is 1. The molecular formula is C29H39Cl2NO4S. The Morgan fingerprint density at radius 3 is 1.73 bits per heavy atom. The standard InChI is InChI=1S/C29H39Cl2NO4S/c30-25-17-15-24(16-18-25)29(34)32-26-19-21-27(22-20-26)37(35)23-13-11-9-7-5-3-1-2-4-6-8-10-12-14-28(33)36-31/h15-22H,1-14,23H2,(H,32,34). The fourth-order valence-corrected chi connectivity index (χ4v) is 5.44. The summed E-state index contributed by atoms with van der Waals surface area (Å²) >= 11 is 9.85. The van der Waals surface area contributed by atoms with Gasteiger partial charge in [0.15, 0.2) is 4.90 Å². The van der Waals surface area contributed by atoms with Crippen LogP contribution in [-0.4, -0.2) is 22.2 Å². The highest BCUT2D eigenvalue weighted by Crippen LogP contribution is 2.19. The Balaban J connectivity index is 1.45. The summed E-state index contributed by atoms with van der Waals surface area (Å²) in [5.74, 6) is 0.134. The quantitative estimate of drug-likeness (QED) is 0.136. The Kier molecular flexibility index (Phi) is 16.5. The smallest absolute Gasteiger partial charge is 0.324 e. The van der Waals surface area contributed by atoms with Gasteiger partial charge in [-0.25, -0.2) is 0 Å². The van der Waals surface area contributed by atoms with Crippen LogP contribution in [0.1, 0.15) is 100 Å². The van der Waals surface area contributed by atoms with Crippen molar-refractivity contribution in [1.29, 1.82) is 0 Å². The Hall–Kier alpha value is -1.73. The molecular weight excluding hydrogens is 529 g/mol. The van der Waals surface area contributed by atoms with Crippen LogP contribution in [0.3, 0.4) is 0 Å². The van der Waals surface area contributed by atoms with Crippen molar-refractivity contribution in [2.75, 3.05) is 11.1 Å². The van der Waals surface area contributed by atoms with E-state index < -0.39 is 11.2 Å². The number of halogens is 2. The van der Waals surface area contributed by atoms with Gasteiger partial charge in [-0.05, 0) is 79.0 Å². The van der Waals surface area contributed by atoms with Gasteiger partial charge >= 0.3 is 5.97 Å². The summed E-state index contributed by atoms with van der Waals surface area (Å²) in [4.78, 5) is 24.0. The van der Waals surface area contributed by atoms with Crippen LogP contribution in [0, 0.1) is 0 Å². The number of anilines is 1. The first-order valence-corrected chi connectivity index (χ1v) is 15.4. The molecule has 0 saturated heterocycles. The molecule has 2 aromatic rings. The van der Waals surface area contributed by atoms with Crippen LogP contribution < -0.4 is 5.32 Å². The number of hydrogen-bond acceptors (Lipinski definition) is 4. The van der Waals surface area contributed by atoms with Crippen molar-refractivity contribution in [3.05, 3.63) is 59.1 Å². The van der Waals surface area contributed by atoms with Gasteiger partial charge in [0.2, 0.25) is 0 Å². The largest absolute Gasteiger partial charge is 0.611 e. The van der Waals surface area contributed by atoms with Gasteiger partial charge in [-0.2, -0.15) is 0 Å². The summed E-state index contributed by atoms with van der Waals surface area (Å²) in [5, 5.41) is 3.44. The molecule has 5 nitrogen and oxygen atoms in total. The van der Waals surface area contributed by atoms with Crippen LogP contribution in [0.5, 0.6) is 0 Å². The van der Waals surface area contributed by atoms with E-state index in [9.17, 15) is 14.1 Å². The number of benzene rings is 2. The van der Waals surface area contributed by atoms with Crippen LogP contribution in [0.15, 0.2) is 53.4 Å². The fraction of sp³-hybridized carbons (Fsp3) is 0.517. The van der Waals surface area contributed by atoms with E-state index in [1.54, 1.807) is 36.4 Å². The number of rotatable bonds is 19. The summed E-state index contributed by atoms with van der Waals surface area (Å²) in [5.41, 5.74) is 1.21. The van der Waals surface area contributed by atoms with Gasteiger partial charge in [0.25, 0.3) is 5.91 Å². The van der Waals surface area contributed by atoms with Crippen LogP contribution in [-0.2, 0) is 20.3 Å². The van der Waals surface area contributed by atoms with E-state index in [1.807, 2.05) is 12.1 Å². The number of unbranched alkanes of at least 4 members (excludes halogenated alkanes) is 12. The molecule has 0 bridgehead atoms. The molecule has 0 saturated carbocycles.